The molecule has 150 valence electrons. The molecule has 4 aromatic rings. The molecule has 5 nitrogen and oxygen atoms in total. The van der Waals surface area contributed by atoms with Crippen molar-refractivity contribution < 1.29 is 9.21 Å². The zero-order valence-corrected chi connectivity index (χ0v) is 18.6. The molecule has 0 bridgehead atoms. The lowest BCUT2D eigenvalue weighted by molar-refractivity contribution is 0.0955. The van der Waals surface area contributed by atoms with Gasteiger partial charge in [-0.1, -0.05) is 35.5 Å². The topological polar surface area (TPSA) is 59.5 Å². The van der Waals surface area contributed by atoms with Crippen molar-refractivity contribution >= 4 is 51.4 Å². The van der Waals surface area contributed by atoms with Gasteiger partial charge in [0.25, 0.3) is 5.91 Å². The monoisotopic (exact) mass is 499 g/mol. The van der Waals surface area contributed by atoms with E-state index >= 15 is 0 Å². The largest absolute Gasteiger partial charge is 0.447 e. The van der Waals surface area contributed by atoms with Gasteiger partial charge in [0.15, 0.2) is 5.09 Å². The van der Waals surface area contributed by atoms with Gasteiger partial charge in [-0.25, -0.2) is 5.43 Å². The summed E-state index contributed by atoms with van der Waals surface area (Å²) < 4.78 is 8.47. The summed E-state index contributed by atoms with van der Waals surface area (Å²) in [5, 5.41) is 5.40. The van der Waals surface area contributed by atoms with E-state index < -0.39 is 0 Å². The Balaban J connectivity index is 1.44. The molecule has 0 atom stereocenters. The van der Waals surface area contributed by atoms with E-state index in [2.05, 4.69) is 26.5 Å². The molecule has 0 spiro atoms. The summed E-state index contributed by atoms with van der Waals surface area (Å²) in [5.41, 5.74) is 3.85. The minimum Gasteiger partial charge on any atom is -0.447 e. The lowest BCUT2D eigenvalue weighted by Gasteiger charge is -2.08. The van der Waals surface area contributed by atoms with Crippen LogP contribution in [0.4, 0.5) is 0 Å². The van der Waals surface area contributed by atoms with Gasteiger partial charge in [0.2, 0.25) is 0 Å². The predicted octanol–water partition coefficient (Wildman–Crippen LogP) is 6.40. The number of aromatic nitrogens is 1. The Bertz CT molecular complexity index is 1190. The molecule has 0 radical (unpaired) electrons. The first-order valence-electron chi connectivity index (χ1n) is 8.89. The van der Waals surface area contributed by atoms with Gasteiger partial charge in [-0.05, 0) is 64.5 Å². The fourth-order valence-corrected chi connectivity index (χ4v) is 4.17. The van der Waals surface area contributed by atoms with Gasteiger partial charge in [-0.3, -0.25) is 4.79 Å². The van der Waals surface area contributed by atoms with Crippen molar-refractivity contribution in [1.29, 1.82) is 0 Å². The summed E-state index contributed by atoms with van der Waals surface area (Å²) in [4.78, 5) is 13.6. The van der Waals surface area contributed by atoms with Crippen LogP contribution in [0.5, 0.6) is 0 Å². The van der Waals surface area contributed by atoms with Crippen molar-refractivity contribution in [3.05, 3.63) is 99.9 Å². The maximum Gasteiger partial charge on any atom is 0.273 e. The van der Waals surface area contributed by atoms with E-state index in [1.54, 1.807) is 12.1 Å². The van der Waals surface area contributed by atoms with E-state index in [0.29, 0.717) is 21.4 Å². The molecule has 30 heavy (non-hydrogen) atoms. The lowest BCUT2D eigenvalue weighted by Crippen LogP contribution is -2.19. The normalized spacial score (nSPS) is 11.1. The van der Waals surface area contributed by atoms with Crippen LogP contribution in [-0.4, -0.2) is 16.7 Å². The van der Waals surface area contributed by atoms with Gasteiger partial charge in [0.05, 0.1) is 21.9 Å². The highest BCUT2D eigenvalue weighted by Crippen LogP contribution is 2.35. The Labute approximate surface area is 190 Å². The van der Waals surface area contributed by atoms with E-state index in [1.807, 2.05) is 71.6 Å². The second-order valence-electron chi connectivity index (χ2n) is 6.15. The maximum absolute atomic E-state index is 12.6. The number of para-hydroxylation sites is 1. The average Bonchev–Trinajstić information content (AvgIpc) is 3.40. The molecule has 0 saturated heterocycles. The van der Waals surface area contributed by atoms with E-state index in [9.17, 15) is 4.79 Å². The number of amides is 1. The number of hydrogen-bond acceptors (Lipinski definition) is 4. The van der Waals surface area contributed by atoms with Crippen LogP contribution in [0.3, 0.4) is 0 Å². The average molecular weight is 501 g/mol. The summed E-state index contributed by atoms with van der Waals surface area (Å²) >= 11 is 10.9. The number of nitrogens with zero attached hydrogens (tertiary/aromatic N) is 2. The second-order valence-corrected chi connectivity index (χ2v) is 8.48. The van der Waals surface area contributed by atoms with Crippen LogP contribution in [0.15, 0.2) is 103 Å². The minimum absolute atomic E-state index is 0.308. The Kier molecular flexibility index (Phi) is 6.42. The molecular weight excluding hydrogens is 486 g/mol. The lowest BCUT2D eigenvalue weighted by atomic mass is 10.1. The molecular formula is C22H15BrClN3O2S. The van der Waals surface area contributed by atoms with Crippen molar-refractivity contribution in [1.82, 2.24) is 9.99 Å². The quantitative estimate of drug-likeness (QED) is 0.246. The van der Waals surface area contributed by atoms with Crippen molar-refractivity contribution in [3.8, 4) is 5.69 Å². The number of carbonyl (C=O) groups excluding carboxylic acids is 1. The SMILES string of the molecule is O=C(N/N=C\c1cc(Br)c(Sc2ccc(Cl)cc2)o1)c1ccccc1-n1cccc1. The number of halogens is 2. The van der Waals surface area contributed by atoms with Crippen molar-refractivity contribution in [2.24, 2.45) is 5.10 Å². The summed E-state index contributed by atoms with van der Waals surface area (Å²) in [6.45, 7) is 0. The number of nitrogens with one attached hydrogen (secondary N) is 1. The number of benzene rings is 2. The minimum atomic E-state index is -0.308. The van der Waals surface area contributed by atoms with Gasteiger partial charge >= 0.3 is 0 Å². The Hall–Kier alpha value is -2.74. The summed E-state index contributed by atoms with van der Waals surface area (Å²) in [7, 11) is 0. The van der Waals surface area contributed by atoms with Crippen LogP contribution in [-0.2, 0) is 0 Å². The fraction of sp³-hybridized carbons (Fsp3) is 0. The van der Waals surface area contributed by atoms with Crippen LogP contribution < -0.4 is 5.43 Å². The number of hydrazone groups is 1. The number of hydrogen-bond donors (Lipinski definition) is 1. The van der Waals surface area contributed by atoms with Crippen molar-refractivity contribution in [3.63, 3.8) is 0 Å². The Morgan fingerprint density at radius 3 is 2.60 bits per heavy atom. The molecule has 1 N–H and O–H groups in total. The third-order valence-electron chi connectivity index (χ3n) is 4.09. The summed E-state index contributed by atoms with van der Waals surface area (Å²) in [6.07, 6.45) is 5.23. The van der Waals surface area contributed by atoms with Gasteiger partial charge in [0.1, 0.15) is 5.76 Å². The Morgan fingerprint density at radius 1 is 1.10 bits per heavy atom. The number of furan rings is 1. The molecule has 2 aromatic heterocycles. The molecule has 8 heteroatoms. The molecule has 0 unspecified atom stereocenters. The first kappa shape index (κ1) is 20.5. The van der Waals surface area contributed by atoms with Crippen molar-refractivity contribution in [2.75, 3.05) is 0 Å². The first-order valence-corrected chi connectivity index (χ1v) is 10.9. The zero-order valence-electron chi connectivity index (χ0n) is 15.5. The molecule has 1 amide bonds. The van der Waals surface area contributed by atoms with Gasteiger partial charge < -0.3 is 8.98 Å². The summed E-state index contributed by atoms with van der Waals surface area (Å²) in [5.74, 6) is 0.203. The van der Waals surface area contributed by atoms with E-state index in [-0.39, 0.29) is 5.91 Å². The Morgan fingerprint density at radius 2 is 1.83 bits per heavy atom. The molecule has 0 aliphatic heterocycles. The molecule has 0 fully saturated rings. The molecule has 2 heterocycles. The van der Waals surface area contributed by atoms with E-state index in [4.69, 9.17) is 16.0 Å². The van der Waals surface area contributed by atoms with Gasteiger partial charge in [-0.2, -0.15) is 5.10 Å². The molecule has 0 aliphatic carbocycles. The third-order valence-corrected chi connectivity index (χ3v) is 6.19. The van der Waals surface area contributed by atoms with Gasteiger partial charge in [0, 0.05) is 28.4 Å². The maximum atomic E-state index is 12.6. The van der Waals surface area contributed by atoms with E-state index in [1.165, 1.54) is 18.0 Å². The highest BCUT2D eigenvalue weighted by molar-refractivity contribution is 9.10. The predicted molar refractivity (Wildman–Crippen MR) is 123 cm³/mol. The van der Waals surface area contributed by atoms with Crippen LogP contribution >= 0.6 is 39.3 Å². The first-order chi connectivity index (χ1) is 14.6. The molecule has 0 saturated carbocycles. The number of rotatable bonds is 6. The van der Waals surface area contributed by atoms with Crippen LogP contribution in [0, 0.1) is 0 Å². The standard InChI is InChI=1S/C22H15BrClN3O2S/c23-19-13-16(29-22(19)30-17-9-7-15(24)8-10-17)14-25-26-21(28)18-5-1-2-6-20(18)27-11-3-4-12-27/h1-14H,(H,26,28)/b25-14-. The van der Waals surface area contributed by atoms with Crippen molar-refractivity contribution in [2.45, 2.75) is 9.99 Å². The van der Waals surface area contributed by atoms with Crippen LogP contribution in [0.1, 0.15) is 16.1 Å². The molecule has 4 rings (SSSR count). The van der Waals surface area contributed by atoms with E-state index in [0.717, 1.165) is 15.1 Å². The zero-order chi connectivity index (χ0) is 20.9. The van der Waals surface area contributed by atoms with Crippen LogP contribution in [0.25, 0.3) is 5.69 Å². The van der Waals surface area contributed by atoms with Gasteiger partial charge in [-0.15, -0.1) is 0 Å². The molecule has 2 aromatic carbocycles. The smallest absolute Gasteiger partial charge is 0.273 e. The highest BCUT2D eigenvalue weighted by Gasteiger charge is 2.12. The molecule has 0 aliphatic rings. The number of carbonyl (C=O) groups is 1. The van der Waals surface area contributed by atoms with Crippen LogP contribution in [0.2, 0.25) is 5.02 Å². The fourth-order valence-electron chi connectivity index (χ4n) is 2.71. The second kappa shape index (κ2) is 9.38. The summed E-state index contributed by atoms with van der Waals surface area (Å²) in [6, 6.07) is 20.4. The third kappa shape index (κ3) is 4.87. The highest BCUT2D eigenvalue weighted by atomic mass is 79.9.